The van der Waals surface area contributed by atoms with E-state index in [-0.39, 0.29) is 45.3 Å². The molecular weight excluding hydrogens is 837 g/mol. The monoisotopic (exact) mass is 913 g/mol. The minimum Gasteiger partial charge on any atom is -0.472 e. The molecule has 14 atom stereocenters. The van der Waals surface area contributed by atoms with E-state index in [1.165, 1.54) is 24.0 Å². The molecule has 2 heterocycles. The van der Waals surface area contributed by atoms with Gasteiger partial charge in [0.2, 0.25) is 0 Å². The lowest BCUT2D eigenvalue weighted by Gasteiger charge is -2.62. The summed E-state index contributed by atoms with van der Waals surface area (Å²) in [6.45, 7) is 11.3. The Balaban J connectivity index is 0.966. The van der Waals surface area contributed by atoms with Gasteiger partial charge in [0.15, 0.2) is 0 Å². The molecule has 0 amide bonds. The molecule has 0 saturated heterocycles. The van der Waals surface area contributed by atoms with Gasteiger partial charge in [0.05, 0.1) is 25.1 Å². The average molecular weight is 913 g/mol. The Morgan fingerprint density at radius 1 is 0.609 bits per heavy atom. The van der Waals surface area contributed by atoms with Crippen molar-refractivity contribution in [3.05, 3.63) is 71.6 Å². The number of ether oxygens (including phenoxy) is 2. The molecule has 350 valence electrons. The number of hydrogen-bond donors (Lipinski definition) is 2. The Labute approximate surface area is 391 Å². The van der Waals surface area contributed by atoms with Gasteiger partial charge in [0, 0.05) is 33.2 Å². The number of carbonyl (C=O) groups excluding carboxylic acids is 2. The first-order valence-corrected chi connectivity index (χ1v) is 27.5. The summed E-state index contributed by atoms with van der Waals surface area (Å²) in [5, 5.41) is 1.27. The zero-order chi connectivity index (χ0) is 44.5. The summed E-state index contributed by atoms with van der Waals surface area (Å²) in [6.07, 6.45) is 30.6. The molecule has 2 aromatic rings. The molecule has 10 rings (SSSR count). The number of nitrogens with two attached hydrogens (primary N) is 2. The average Bonchev–Trinajstić information content (AvgIpc) is 4.11. The highest BCUT2D eigenvalue weighted by Gasteiger charge is 2.72. The third-order valence-electron chi connectivity index (χ3n) is 20.4. The number of esters is 2. The molecule has 0 bridgehead atoms. The van der Waals surface area contributed by atoms with Crippen LogP contribution < -0.4 is 11.5 Å². The van der Waals surface area contributed by atoms with Crippen LogP contribution in [0.4, 0.5) is 0 Å². The fourth-order valence-electron chi connectivity index (χ4n) is 17.0. The smallest absolute Gasteiger partial charge is 0.418 e. The number of fused-ring (bicyclic) bond motifs is 10. The Kier molecular flexibility index (Phi) is 12.3. The van der Waals surface area contributed by atoms with E-state index in [0.717, 1.165) is 127 Å². The number of carbonyl (C=O) groups is 2. The van der Waals surface area contributed by atoms with Gasteiger partial charge in [-0.1, -0.05) is 51.0 Å². The van der Waals surface area contributed by atoms with E-state index >= 15 is 9.59 Å². The van der Waals surface area contributed by atoms with Gasteiger partial charge in [-0.05, 0) is 198 Å². The molecule has 6 fully saturated rings. The maximum atomic E-state index is 15.2. The van der Waals surface area contributed by atoms with E-state index in [9.17, 15) is 0 Å². The van der Waals surface area contributed by atoms with E-state index in [1.807, 2.05) is 12.5 Å². The summed E-state index contributed by atoms with van der Waals surface area (Å²) in [5.41, 5.74) is 15.1. The minimum absolute atomic E-state index is 0.0540. The minimum atomic E-state index is -0.798. The first-order valence-electron chi connectivity index (χ1n) is 25.4. The second-order valence-corrected chi connectivity index (χ2v) is 25.5. The second kappa shape index (κ2) is 17.3. The third-order valence-corrected chi connectivity index (χ3v) is 23.2. The fraction of sp³-hybridized carbons (Fsp3) is 0.741. The van der Waals surface area contributed by atoms with Gasteiger partial charge in [-0.15, -0.1) is 0 Å². The molecule has 8 aliphatic rings. The second-order valence-electron chi connectivity index (χ2n) is 22.7. The van der Waals surface area contributed by atoms with Gasteiger partial charge in [-0.25, -0.2) is 9.59 Å². The van der Waals surface area contributed by atoms with Crippen LogP contribution in [-0.2, 0) is 19.1 Å². The lowest BCUT2D eigenvalue weighted by Crippen LogP contribution is -2.64. The SMILES string of the molecule is C[C@]12CCC(SCCCN)CC1=CC[C@@H]1[C@H]2CC[C@]2(C)C(c3ccoc3)CC[C@@]12OC(=O)C(=O)O[C@@]12CCC(c3ccoc3)[C@@]1(C)CC[C@@H]1[C@H]2CC=C2CC(SCCCN)CC[C@@]21C. The topological polar surface area (TPSA) is 131 Å². The molecule has 6 saturated carbocycles. The molecule has 0 radical (unpaired) electrons. The standard InChI is InChI=1S/C54H76N2O6S2/c1-49-19-11-39(63-29-5-25-55)31-37(49)7-9-45-43(49)13-21-51(3)41(35-17-27-59-33-35)15-23-53(45,51)61-47(57)48(58)62-54-24-16-42(36-18-28-60-34-36)52(54,4)22-14-44-46(54)10-8-38-32-40(64-30-6-26-56)12-20-50(38,44)2/h7-8,17-18,27-28,33-34,39-46H,5-6,9-16,19-26,29-32,55-56H2,1-4H3/t39?,40?,41?,42?,43-,44-,45-,46-,49+,50+,51-,52-,53-,54-/m1/s1. The third kappa shape index (κ3) is 6.95. The summed E-state index contributed by atoms with van der Waals surface area (Å²) in [4.78, 5) is 30.4. The lowest BCUT2D eigenvalue weighted by molar-refractivity contribution is -0.231. The van der Waals surface area contributed by atoms with Crippen molar-refractivity contribution in [1.29, 1.82) is 0 Å². The number of thioether (sulfide) groups is 2. The van der Waals surface area contributed by atoms with Crippen LogP contribution in [0.3, 0.4) is 0 Å². The van der Waals surface area contributed by atoms with E-state index in [2.05, 4.69) is 75.5 Å². The van der Waals surface area contributed by atoms with Crippen LogP contribution in [0.15, 0.2) is 69.3 Å². The summed E-state index contributed by atoms with van der Waals surface area (Å²) in [7, 11) is 0. The van der Waals surface area contributed by atoms with Crippen LogP contribution in [0, 0.1) is 45.3 Å². The highest BCUT2D eigenvalue weighted by atomic mass is 32.2. The first-order chi connectivity index (χ1) is 30.9. The van der Waals surface area contributed by atoms with Crippen LogP contribution in [0.25, 0.3) is 0 Å². The van der Waals surface area contributed by atoms with Crippen molar-refractivity contribution in [2.45, 2.75) is 177 Å². The summed E-state index contributed by atoms with van der Waals surface area (Å²) in [6, 6.07) is 4.21. The van der Waals surface area contributed by atoms with Gasteiger partial charge in [-0.2, -0.15) is 23.5 Å². The molecule has 4 N–H and O–H groups in total. The van der Waals surface area contributed by atoms with Crippen molar-refractivity contribution < 1.29 is 27.9 Å². The van der Waals surface area contributed by atoms with Gasteiger partial charge in [0.1, 0.15) is 11.2 Å². The van der Waals surface area contributed by atoms with Crippen LogP contribution >= 0.6 is 23.5 Å². The van der Waals surface area contributed by atoms with Gasteiger partial charge >= 0.3 is 11.9 Å². The van der Waals surface area contributed by atoms with Crippen molar-refractivity contribution in [2.24, 2.45) is 56.8 Å². The normalized spacial score (nSPS) is 43.3. The van der Waals surface area contributed by atoms with Crippen LogP contribution in [0.5, 0.6) is 0 Å². The number of allylic oxidation sites excluding steroid dienone is 4. The van der Waals surface area contributed by atoms with Crippen LogP contribution in [0.2, 0.25) is 0 Å². The highest BCUT2D eigenvalue weighted by Crippen LogP contribution is 2.73. The predicted molar refractivity (Wildman–Crippen MR) is 257 cm³/mol. The van der Waals surface area contributed by atoms with E-state index in [4.69, 9.17) is 29.8 Å². The number of hydrogen-bond acceptors (Lipinski definition) is 10. The van der Waals surface area contributed by atoms with Crippen molar-refractivity contribution in [3.8, 4) is 0 Å². The van der Waals surface area contributed by atoms with E-state index in [0.29, 0.717) is 22.3 Å². The van der Waals surface area contributed by atoms with Gasteiger partial charge < -0.3 is 29.8 Å². The lowest BCUT2D eigenvalue weighted by atomic mass is 9.45. The quantitative estimate of drug-likeness (QED) is 0.0918. The zero-order valence-electron chi connectivity index (χ0n) is 39.2. The predicted octanol–water partition coefficient (Wildman–Crippen LogP) is 11.9. The largest absolute Gasteiger partial charge is 0.472 e. The Hall–Kier alpha value is -2.40. The highest BCUT2D eigenvalue weighted by molar-refractivity contribution is 8.00. The number of furan rings is 2. The summed E-state index contributed by atoms with van der Waals surface area (Å²) < 4.78 is 25.7. The molecule has 0 spiro atoms. The first kappa shape index (κ1) is 45.4. The molecule has 2 aromatic heterocycles. The van der Waals surface area contributed by atoms with Crippen molar-refractivity contribution >= 4 is 35.5 Å². The Bertz CT molecular complexity index is 1940. The number of rotatable bonds is 12. The summed E-state index contributed by atoms with van der Waals surface area (Å²) >= 11 is 4.20. The maximum Gasteiger partial charge on any atom is 0.418 e. The molecule has 8 aliphatic carbocycles. The van der Waals surface area contributed by atoms with Crippen molar-refractivity contribution in [2.75, 3.05) is 24.6 Å². The zero-order valence-corrected chi connectivity index (χ0v) is 40.8. The van der Waals surface area contributed by atoms with Gasteiger partial charge in [0.25, 0.3) is 0 Å². The summed E-state index contributed by atoms with van der Waals surface area (Å²) in [5.74, 6) is 2.05. The van der Waals surface area contributed by atoms with Crippen molar-refractivity contribution in [1.82, 2.24) is 0 Å². The molecule has 10 heteroatoms. The Morgan fingerprint density at radius 3 is 1.44 bits per heavy atom. The van der Waals surface area contributed by atoms with Gasteiger partial charge in [-0.3, -0.25) is 0 Å². The molecule has 64 heavy (non-hydrogen) atoms. The van der Waals surface area contributed by atoms with Crippen LogP contribution in [-0.4, -0.2) is 58.2 Å². The molecule has 8 nitrogen and oxygen atoms in total. The molecule has 4 unspecified atom stereocenters. The molecular formula is C54H76N2O6S2. The Morgan fingerprint density at radius 2 is 1.05 bits per heavy atom. The van der Waals surface area contributed by atoms with E-state index in [1.54, 1.807) is 23.7 Å². The molecule has 0 aromatic carbocycles. The van der Waals surface area contributed by atoms with Crippen molar-refractivity contribution in [3.63, 3.8) is 0 Å². The fourth-order valence-corrected chi connectivity index (χ4v) is 19.5. The van der Waals surface area contributed by atoms with E-state index < -0.39 is 23.1 Å². The maximum absolute atomic E-state index is 15.2. The van der Waals surface area contributed by atoms with Crippen LogP contribution in [0.1, 0.15) is 166 Å². The molecule has 0 aliphatic heterocycles.